The van der Waals surface area contributed by atoms with Gasteiger partial charge in [0.05, 0.1) is 6.04 Å². The Labute approximate surface area is 136 Å². The van der Waals surface area contributed by atoms with Crippen molar-refractivity contribution in [3.63, 3.8) is 0 Å². The number of benzene rings is 1. The number of nitrogens with one attached hydrogen (secondary N) is 1. The summed E-state index contributed by atoms with van der Waals surface area (Å²) in [4.78, 5) is 0. The first-order valence-electron chi connectivity index (χ1n) is 8.32. The van der Waals surface area contributed by atoms with Crippen LogP contribution in [0, 0.1) is 5.82 Å². The zero-order valence-corrected chi connectivity index (χ0v) is 13.8. The molecule has 6 heteroatoms. The maximum atomic E-state index is 13.3. The summed E-state index contributed by atoms with van der Waals surface area (Å²) >= 11 is 0. The highest BCUT2D eigenvalue weighted by atomic mass is 19.1. The lowest BCUT2D eigenvalue weighted by molar-refractivity contribution is 0.269. The van der Waals surface area contributed by atoms with Gasteiger partial charge in [-0.05, 0) is 47.9 Å². The Morgan fingerprint density at radius 1 is 1.22 bits per heavy atom. The molecular formula is C17H24FN5. The normalized spacial score (nSPS) is 18.7. The lowest BCUT2D eigenvalue weighted by Gasteiger charge is -2.39. The summed E-state index contributed by atoms with van der Waals surface area (Å²) in [5.41, 5.74) is 1.31. The summed E-state index contributed by atoms with van der Waals surface area (Å²) in [6.07, 6.45) is 5.99. The van der Waals surface area contributed by atoms with Crippen LogP contribution in [-0.4, -0.2) is 26.8 Å². The predicted molar refractivity (Wildman–Crippen MR) is 86.4 cm³/mol. The number of aromatic nitrogens is 4. The first-order valence-corrected chi connectivity index (χ1v) is 8.32. The van der Waals surface area contributed by atoms with Crippen molar-refractivity contribution >= 4 is 0 Å². The molecule has 0 radical (unpaired) electrons. The van der Waals surface area contributed by atoms with Crippen LogP contribution in [0.3, 0.4) is 0 Å². The van der Waals surface area contributed by atoms with Gasteiger partial charge >= 0.3 is 0 Å². The molecule has 1 fully saturated rings. The van der Waals surface area contributed by atoms with Gasteiger partial charge < -0.3 is 5.32 Å². The van der Waals surface area contributed by atoms with E-state index in [-0.39, 0.29) is 17.3 Å². The summed E-state index contributed by atoms with van der Waals surface area (Å²) in [7, 11) is 1.85. The van der Waals surface area contributed by atoms with E-state index < -0.39 is 0 Å². The predicted octanol–water partition coefficient (Wildman–Crippen LogP) is 2.90. The minimum atomic E-state index is -0.175. The van der Waals surface area contributed by atoms with E-state index in [1.807, 2.05) is 19.2 Å². The highest BCUT2D eigenvalue weighted by Crippen LogP contribution is 2.39. The van der Waals surface area contributed by atoms with E-state index in [1.54, 1.807) is 16.8 Å². The lowest BCUT2D eigenvalue weighted by atomic mass is 9.69. The van der Waals surface area contributed by atoms with Crippen LogP contribution in [0.5, 0.6) is 0 Å². The molecule has 1 unspecified atom stereocenters. The number of halogens is 1. The van der Waals surface area contributed by atoms with E-state index in [0.29, 0.717) is 0 Å². The van der Waals surface area contributed by atoms with Crippen LogP contribution in [0.2, 0.25) is 0 Å². The molecule has 0 bridgehead atoms. The van der Waals surface area contributed by atoms with E-state index in [4.69, 9.17) is 0 Å². The first kappa shape index (κ1) is 16.1. The molecule has 5 nitrogen and oxygen atoms in total. The Hall–Kier alpha value is -1.82. The van der Waals surface area contributed by atoms with Gasteiger partial charge in [-0.15, -0.1) is 5.10 Å². The topological polar surface area (TPSA) is 55.6 Å². The standard InChI is InChI=1S/C17H24FN5/c1-13(16-20-21-22-23(16)2)19-12-17(10-4-3-5-11-17)14-6-8-15(18)9-7-14/h6-9,13,19H,3-5,10-12H2,1-2H3. The van der Waals surface area contributed by atoms with Gasteiger partial charge in [-0.1, -0.05) is 31.4 Å². The minimum Gasteiger partial charge on any atom is -0.307 e. The molecule has 1 heterocycles. The number of tetrazole rings is 1. The molecule has 1 aromatic heterocycles. The number of hydrogen-bond donors (Lipinski definition) is 1. The van der Waals surface area contributed by atoms with Crippen molar-refractivity contribution < 1.29 is 4.39 Å². The number of nitrogens with zero attached hydrogens (tertiary/aromatic N) is 4. The zero-order chi connectivity index (χ0) is 16.3. The summed E-state index contributed by atoms with van der Waals surface area (Å²) in [5.74, 6) is 0.654. The van der Waals surface area contributed by atoms with Crippen LogP contribution in [0.15, 0.2) is 24.3 Å². The van der Waals surface area contributed by atoms with Crippen molar-refractivity contribution in [3.8, 4) is 0 Å². The van der Waals surface area contributed by atoms with Crippen LogP contribution >= 0.6 is 0 Å². The molecule has 124 valence electrons. The van der Waals surface area contributed by atoms with Gasteiger partial charge in [-0.3, -0.25) is 0 Å². The van der Waals surface area contributed by atoms with Crippen molar-refractivity contribution in [3.05, 3.63) is 41.5 Å². The third kappa shape index (κ3) is 3.42. The molecule has 1 atom stereocenters. The Morgan fingerprint density at radius 3 is 2.52 bits per heavy atom. The molecule has 0 aliphatic heterocycles. The molecule has 23 heavy (non-hydrogen) atoms. The SMILES string of the molecule is CC(NCC1(c2ccc(F)cc2)CCCCC1)c1nnnn1C. The van der Waals surface area contributed by atoms with Gasteiger partial charge in [0.15, 0.2) is 5.82 Å². The summed E-state index contributed by atoms with van der Waals surface area (Å²) in [6, 6.07) is 7.10. The smallest absolute Gasteiger partial charge is 0.167 e. The van der Waals surface area contributed by atoms with Crippen LogP contribution < -0.4 is 5.32 Å². The quantitative estimate of drug-likeness (QED) is 0.921. The highest BCUT2D eigenvalue weighted by molar-refractivity contribution is 5.27. The van der Waals surface area contributed by atoms with E-state index in [2.05, 4.69) is 27.8 Å². The average molecular weight is 317 g/mol. The number of hydrogen-bond acceptors (Lipinski definition) is 4. The summed E-state index contributed by atoms with van der Waals surface area (Å²) < 4.78 is 15.0. The maximum Gasteiger partial charge on any atom is 0.167 e. The molecule has 1 aromatic carbocycles. The molecule has 3 rings (SSSR count). The zero-order valence-electron chi connectivity index (χ0n) is 13.8. The molecule has 2 aromatic rings. The Morgan fingerprint density at radius 2 is 1.91 bits per heavy atom. The lowest BCUT2D eigenvalue weighted by Crippen LogP contribution is -2.41. The molecule has 0 amide bonds. The van der Waals surface area contributed by atoms with E-state index in [9.17, 15) is 4.39 Å². The Bertz CT molecular complexity index is 631. The van der Waals surface area contributed by atoms with Gasteiger partial charge in [-0.25, -0.2) is 9.07 Å². The summed E-state index contributed by atoms with van der Waals surface area (Å²) in [6.45, 7) is 2.93. The number of rotatable bonds is 5. The average Bonchev–Trinajstić information content (AvgIpc) is 3.00. The van der Waals surface area contributed by atoms with Gasteiger partial charge in [0.1, 0.15) is 5.82 Å². The van der Waals surface area contributed by atoms with Gasteiger partial charge in [0.2, 0.25) is 0 Å². The Balaban J connectivity index is 1.77. The Kier molecular flexibility index (Phi) is 4.71. The largest absolute Gasteiger partial charge is 0.307 e. The van der Waals surface area contributed by atoms with Crippen molar-refractivity contribution in [2.75, 3.05) is 6.54 Å². The van der Waals surface area contributed by atoms with Crippen LogP contribution in [0.1, 0.15) is 56.5 Å². The molecule has 1 saturated carbocycles. The second-order valence-corrected chi connectivity index (χ2v) is 6.61. The second kappa shape index (κ2) is 6.74. The fourth-order valence-corrected chi connectivity index (χ4v) is 3.64. The van der Waals surface area contributed by atoms with Crippen LogP contribution in [0.25, 0.3) is 0 Å². The fourth-order valence-electron chi connectivity index (χ4n) is 3.64. The highest BCUT2D eigenvalue weighted by Gasteiger charge is 2.34. The third-order valence-electron chi connectivity index (χ3n) is 5.05. The van der Waals surface area contributed by atoms with Gasteiger partial charge in [0, 0.05) is 19.0 Å². The van der Waals surface area contributed by atoms with Crippen LogP contribution in [-0.2, 0) is 12.5 Å². The third-order valence-corrected chi connectivity index (χ3v) is 5.05. The first-order chi connectivity index (χ1) is 11.1. The molecule has 1 N–H and O–H groups in total. The molecule has 0 saturated heterocycles. The molecular weight excluding hydrogens is 293 g/mol. The second-order valence-electron chi connectivity index (χ2n) is 6.61. The van der Waals surface area contributed by atoms with E-state index >= 15 is 0 Å². The minimum absolute atomic E-state index is 0.0756. The number of aryl methyl sites for hydroxylation is 1. The van der Waals surface area contributed by atoms with E-state index in [0.717, 1.165) is 25.2 Å². The van der Waals surface area contributed by atoms with E-state index in [1.165, 1.54) is 24.8 Å². The fraction of sp³-hybridized carbons (Fsp3) is 0.588. The van der Waals surface area contributed by atoms with Gasteiger partial charge in [-0.2, -0.15) is 0 Å². The maximum absolute atomic E-state index is 13.3. The molecule has 1 aliphatic rings. The van der Waals surface area contributed by atoms with Crippen molar-refractivity contribution in [1.29, 1.82) is 0 Å². The van der Waals surface area contributed by atoms with Crippen molar-refractivity contribution in [2.45, 2.75) is 50.5 Å². The molecule has 1 aliphatic carbocycles. The monoisotopic (exact) mass is 317 g/mol. The molecule has 0 spiro atoms. The van der Waals surface area contributed by atoms with Crippen molar-refractivity contribution in [1.82, 2.24) is 25.5 Å². The summed E-state index contributed by atoms with van der Waals surface area (Å²) in [5, 5.41) is 15.3. The van der Waals surface area contributed by atoms with Gasteiger partial charge in [0.25, 0.3) is 0 Å². The van der Waals surface area contributed by atoms with Crippen molar-refractivity contribution in [2.24, 2.45) is 7.05 Å². The van der Waals surface area contributed by atoms with Crippen LogP contribution in [0.4, 0.5) is 4.39 Å².